The van der Waals surface area contributed by atoms with Crippen molar-refractivity contribution in [2.75, 3.05) is 0 Å². The Morgan fingerprint density at radius 1 is 1.33 bits per heavy atom. The molecule has 0 aliphatic rings. The number of rotatable bonds is 4. The van der Waals surface area contributed by atoms with E-state index in [1.165, 1.54) is 0 Å². The first-order valence-corrected chi connectivity index (χ1v) is 4.64. The molecule has 0 heterocycles. The number of carboxylic acid groups (broad SMARTS) is 1. The van der Waals surface area contributed by atoms with Crippen molar-refractivity contribution in [3.8, 4) is 5.75 Å². The fourth-order valence-corrected chi connectivity index (χ4v) is 1.12. The van der Waals surface area contributed by atoms with Gasteiger partial charge in [-0.05, 0) is 18.6 Å². The Labute approximate surface area is 87.5 Å². The van der Waals surface area contributed by atoms with Gasteiger partial charge in [-0.1, -0.05) is 25.1 Å². The summed E-state index contributed by atoms with van der Waals surface area (Å²) in [4.78, 5) is 22.0. The van der Waals surface area contributed by atoms with Crippen LogP contribution in [0.3, 0.4) is 0 Å². The number of aliphatic carboxylic acids is 1. The number of para-hydroxylation sites is 1. The Morgan fingerprint density at radius 3 is 2.40 bits per heavy atom. The van der Waals surface area contributed by atoms with Gasteiger partial charge in [-0.25, -0.2) is 0 Å². The van der Waals surface area contributed by atoms with Gasteiger partial charge in [-0.15, -0.1) is 0 Å². The Kier molecular flexibility index (Phi) is 3.85. The van der Waals surface area contributed by atoms with Gasteiger partial charge in [0.2, 0.25) is 0 Å². The molecule has 0 amide bonds. The Balaban J connectivity index is 2.66. The molecule has 0 aromatic heterocycles. The second-order valence-corrected chi connectivity index (χ2v) is 3.03. The number of hydrogen-bond donors (Lipinski definition) is 1. The first-order valence-electron chi connectivity index (χ1n) is 4.64. The molecule has 0 saturated heterocycles. The number of carbonyl (C=O) groups is 2. The molecule has 0 radical (unpaired) electrons. The SMILES string of the molecule is CCC(C(=O)O)C(=O)Oc1ccccc1. The monoisotopic (exact) mass is 208 g/mol. The predicted molar refractivity (Wildman–Crippen MR) is 53.5 cm³/mol. The summed E-state index contributed by atoms with van der Waals surface area (Å²) in [6.07, 6.45) is 0.223. The molecular formula is C11H12O4. The highest BCUT2D eigenvalue weighted by Gasteiger charge is 2.26. The molecular weight excluding hydrogens is 196 g/mol. The van der Waals surface area contributed by atoms with Gasteiger partial charge in [0.05, 0.1) is 0 Å². The van der Waals surface area contributed by atoms with Crippen molar-refractivity contribution < 1.29 is 19.4 Å². The van der Waals surface area contributed by atoms with Gasteiger partial charge >= 0.3 is 11.9 Å². The van der Waals surface area contributed by atoms with Gasteiger partial charge in [0.1, 0.15) is 5.75 Å². The van der Waals surface area contributed by atoms with Crippen LogP contribution in [-0.4, -0.2) is 17.0 Å². The van der Waals surface area contributed by atoms with Gasteiger partial charge in [0.15, 0.2) is 5.92 Å². The molecule has 1 aromatic rings. The fraction of sp³-hybridized carbons (Fsp3) is 0.273. The summed E-state index contributed by atoms with van der Waals surface area (Å²) >= 11 is 0. The summed E-state index contributed by atoms with van der Waals surface area (Å²) in [5.41, 5.74) is 0. The summed E-state index contributed by atoms with van der Waals surface area (Å²) in [7, 11) is 0. The molecule has 1 N–H and O–H groups in total. The highest BCUT2D eigenvalue weighted by molar-refractivity contribution is 5.94. The fourth-order valence-electron chi connectivity index (χ4n) is 1.12. The van der Waals surface area contributed by atoms with Gasteiger partial charge in [-0.3, -0.25) is 9.59 Å². The Morgan fingerprint density at radius 2 is 1.93 bits per heavy atom. The lowest BCUT2D eigenvalue weighted by Crippen LogP contribution is -2.27. The normalized spacial score (nSPS) is 11.8. The van der Waals surface area contributed by atoms with E-state index in [9.17, 15) is 9.59 Å². The van der Waals surface area contributed by atoms with E-state index in [4.69, 9.17) is 9.84 Å². The van der Waals surface area contributed by atoms with Crippen molar-refractivity contribution in [2.45, 2.75) is 13.3 Å². The van der Waals surface area contributed by atoms with Crippen LogP contribution in [0, 0.1) is 5.92 Å². The standard InChI is InChI=1S/C11H12O4/c1-2-9(10(12)13)11(14)15-8-6-4-3-5-7-8/h3-7,9H,2H2,1H3,(H,12,13). The van der Waals surface area contributed by atoms with Crippen LogP contribution in [0.2, 0.25) is 0 Å². The van der Waals surface area contributed by atoms with Crippen molar-refractivity contribution in [1.29, 1.82) is 0 Å². The highest BCUT2D eigenvalue weighted by atomic mass is 16.5. The van der Waals surface area contributed by atoms with Gasteiger partial charge in [0.25, 0.3) is 0 Å². The third-order valence-electron chi connectivity index (χ3n) is 1.95. The molecule has 1 atom stereocenters. The number of ether oxygens (including phenoxy) is 1. The van der Waals surface area contributed by atoms with Crippen LogP contribution in [-0.2, 0) is 9.59 Å². The minimum Gasteiger partial charge on any atom is -0.481 e. The van der Waals surface area contributed by atoms with E-state index in [-0.39, 0.29) is 6.42 Å². The van der Waals surface area contributed by atoms with Crippen molar-refractivity contribution in [3.05, 3.63) is 30.3 Å². The van der Waals surface area contributed by atoms with E-state index in [0.29, 0.717) is 5.75 Å². The van der Waals surface area contributed by atoms with Crippen LogP contribution in [0.25, 0.3) is 0 Å². The molecule has 4 nitrogen and oxygen atoms in total. The van der Waals surface area contributed by atoms with Crippen LogP contribution in [0.15, 0.2) is 30.3 Å². The summed E-state index contributed by atoms with van der Waals surface area (Å²) in [6, 6.07) is 8.42. The van der Waals surface area contributed by atoms with Gasteiger partial charge in [-0.2, -0.15) is 0 Å². The molecule has 4 heteroatoms. The van der Waals surface area contributed by atoms with Gasteiger partial charge < -0.3 is 9.84 Å². The van der Waals surface area contributed by atoms with E-state index in [1.807, 2.05) is 0 Å². The quantitative estimate of drug-likeness (QED) is 0.464. The number of esters is 1. The summed E-state index contributed by atoms with van der Waals surface area (Å²) < 4.78 is 4.91. The summed E-state index contributed by atoms with van der Waals surface area (Å²) in [6.45, 7) is 1.63. The van der Waals surface area contributed by atoms with Crippen LogP contribution < -0.4 is 4.74 Å². The third kappa shape index (κ3) is 3.09. The molecule has 1 unspecified atom stereocenters. The Bertz CT molecular complexity index is 345. The summed E-state index contributed by atoms with van der Waals surface area (Å²) in [5.74, 6) is -2.61. The summed E-state index contributed by atoms with van der Waals surface area (Å²) in [5, 5.41) is 8.72. The average Bonchev–Trinajstić information content (AvgIpc) is 2.19. The first-order chi connectivity index (χ1) is 7.15. The van der Waals surface area contributed by atoms with Crippen molar-refractivity contribution >= 4 is 11.9 Å². The van der Waals surface area contributed by atoms with Gasteiger partial charge in [0, 0.05) is 0 Å². The van der Waals surface area contributed by atoms with Crippen LogP contribution >= 0.6 is 0 Å². The van der Waals surface area contributed by atoms with Crippen LogP contribution in [0.4, 0.5) is 0 Å². The number of carboxylic acids is 1. The van der Waals surface area contributed by atoms with E-state index in [2.05, 4.69) is 0 Å². The smallest absolute Gasteiger partial charge is 0.325 e. The molecule has 15 heavy (non-hydrogen) atoms. The van der Waals surface area contributed by atoms with Crippen LogP contribution in [0.5, 0.6) is 5.75 Å². The molecule has 0 fully saturated rings. The zero-order chi connectivity index (χ0) is 11.3. The molecule has 1 aromatic carbocycles. The number of benzene rings is 1. The van der Waals surface area contributed by atoms with Crippen molar-refractivity contribution in [1.82, 2.24) is 0 Å². The zero-order valence-corrected chi connectivity index (χ0v) is 8.34. The van der Waals surface area contributed by atoms with Crippen molar-refractivity contribution in [2.24, 2.45) is 5.92 Å². The second-order valence-electron chi connectivity index (χ2n) is 3.03. The zero-order valence-electron chi connectivity index (χ0n) is 8.34. The first kappa shape index (κ1) is 11.2. The Hall–Kier alpha value is -1.84. The maximum atomic E-state index is 11.4. The molecule has 0 spiro atoms. The maximum absolute atomic E-state index is 11.4. The number of carbonyl (C=O) groups excluding carboxylic acids is 1. The van der Waals surface area contributed by atoms with E-state index in [1.54, 1.807) is 37.3 Å². The van der Waals surface area contributed by atoms with Crippen molar-refractivity contribution in [3.63, 3.8) is 0 Å². The average molecular weight is 208 g/mol. The lowest BCUT2D eigenvalue weighted by molar-refractivity contribution is -0.153. The molecule has 0 saturated carbocycles. The minimum absolute atomic E-state index is 0.223. The second kappa shape index (κ2) is 5.14. The van der Waals surface area contributed by atoms with Crippen LogP contribution in [0.1, 0.15) is 13.3 Å². The largest absolute Gasteiger partial charge is 0.481 e. The lowest BCUT2D eigenvalue weighted by Gasteiger charge is -2.09. The number of hydrogen-bond acceptors (Lipinski definition) is 3. The highest BCUT2D eigenvalue weighted by Crippen LogP contribution is 2.12. The predicted octanol–water partition coefficient (Wildman–Crippen LogP) is 1.70. The minimum atomic E-state index is -1.15. The molecule has 0 aliphatic heterocycles. The van der Waals surface area contributed by atoms with E-state index < -0.39 is 17.9 Å². The van der Waals surface area contributed by atoms with E-state index >= 15 is 0 Å². The molecule has 1 rings (SSSR count). The third-order valence-corrected chi connectivity index (χ3v) is 1.95. The lowest BCUT2D eigenvalue weighted by atomic mass is 10.1. The maximum Gasteiger partial charge on any atom is 0.325 e. The topological polar surface area (TPSA) is 63.6 Å². The van der Waals surface area contributed by atoms with E-state index in [0.717, 1.165) is 0 Å². The molecule has 80 valence electrons. The molecule has 0 bridgehead atoms. The molecule has 0 aliphatic carbocycles.